The molecular formula is C28H26N4OS. The van der Waals surface area contributed by atoms with Gasteiger partial charge in [0, 0.05) is 18.9 Å². The minimum absolute atomic E-state index is 0.0120. The molecule has 0 radical (unpaired) electrons. The molecule has 5 aromatic rings. The van der Waals surface area contributed by atoms with Gasteiger partial charge in [0.05, 0.1) is 22.7 Å². The van der Waals surface area contributed by atoms with E-state index in [1.165, 1.54) is 5.56 Å². The van der Waals surface area contributed by atoms with Crippen molar-refractivity contribution in [3.05, 3.63) is 114 Å². The van der Waals surface area contributed by atoms with Gasteiger partial charge >= 0.3 is 0 Å². The SMILES string of the molecule is Cc1cc(C)c2nc(N(CCn3cccn3)C(=O)C(c3ccccc3)c3ccccc3)sc2c1. The van der Waals surface area contributed by atoms with Crippen molar-refractivity contribution < 1.29 is 4.79 Å². The summed E-state index contributed by atoms with van der Waals surface area (Å²) in [6.45, 7) is 5.23. The molecule has 0 fully saturated rings. The molecule has 3 aromatic carbocycles. The van der Waals surface area contributed by atoms with Crippen molar-refractivity contribution in [2.24, 2.45) is 0 Å². The highest BCUT2D eigenvalue weighted by molar-refractivity contribution is 7.22. The van der Waals surface area contributed by atoms with Crippen LogP contribution in [0.2, 0.25) is 0 Å². The topological polar surface area (TPSA) is 51.0 Å². The number of hydrogen-bond acceptors (Lipinski definition) is 4. The highest BCUT2D eigenvalue weighted by Crippen LogP contribution is 2.35. The first-order chi connectivity index (χ1) is 16.6. The van der Waals surface area contributed by atoms with E-state index >= 15 is 0 Å². The molecule has 0 saturated carbocycles. The lowest BCUT2D eigenvalue weighted by Crippen LogP contribution is -2.38. The lowest BCUT2D eigenvalue weighted by Gasteiger charge is -2.26. The number of hydrogen-bond donors (Lipinski definition) is 0. The van der Waals surface area contributed by atoms with Gasteiger partial charge in [-0.2, -0.15) is 5.10 Å². The summed E-state index contributed by atoms with van der Waals surface area (Å²) < 4.78 is 2.95. The molecule has 5 nitrogen and oxygen atoms in total. The van der Waals surface area contributed by atoms with Gasteiger partial charge in [-0.05, 0) is 48.2 Å². The minimum Gasteiger partial charge on any atom is -0.285 e. The third kappa shape index (κ3) is 4.50. The summed E-state index contributed by atoms with van der Waals surface area (Å²) in [6.07, 6.45) is 3.67. The standard InChI is InChI=1S/C28H26N4OS/c1-20-18-21(2)26-24(19-20)34-28(30-26)32(17-16-31-15-9-14-29-31)27(33)25(22-10-5-3-6-11-22)23-12-7-4-8-13-23/h3-15,18-19,25H,16-17H2,1-2H3. The fourth-order valence-corrected chi connectivity index (χ4v) is 5.51. The van der Waals surface area contributed by atoms with Crippen molar-refractivity contribution >= 4 is 32.6 Å². The number of nitrogens with zero attached hydrogens (tertiary/aromatic N) is 4. The van der Waals surface area contributed by atoms with E-state index in [1.54, 1.807) is 17.5 Å². The Bertz CT molecular complexity index is 1360. The number of anilines is 1. The number of amides is 1. The van der Waals surface area contributed by atoms with Crippen molar-refractivity contribution in [1.29, 1.82) is 0 Å². The second-order valence-electron chi connectivity index (χ2n) is 8.44. The van der Waals surface area contributed by atoms with Gasteiger partial charge in [-0.3, -0.25) is 14.4 Å². The number of aryl methyl sites for hydroxylation is 2. The number of thiazole rings is 1. The van der Waals surface area contributed by atoms with Crippen LogP contribution < -0.4 is 4.90 Å². The predicted octanol–water partition coefficient (Wildman–Crippen LogP) is 5.97. The summed E-state index contributed by atoms with van der Waals surface area (Å²) in [5.74, 6) is -0.409. The Morgan fingerprint density at radius 1 is 0.971 bits per heavy atom. The highest BCUT2D eigenvalue weighted by atomic mass is 32.1. The summed E-state index contributed by atoms with van der Waals surface area (Å²) >= 11 is 1.57. The average molecular weight is 467 g/mol. The van der Waals surface area contributed by atoms with E-state index < -0.39 is 5.92 Å². The second kappa shape index (κ2) is 9.61. The lowest BCUT2D eigenvalue weighted by molar-refractivity contribution is -0.119. The van der Waals surface area contributed by atoms with Crippen LogP contribution >= 0.6 is 11.3 Å². The number of benzene rings is 3. The lowest BCUT2D eigenvalue weighted by atomic mass is 9.90. The van der Waals surface area contributed by atoms with Gasteiger partial charge < -0.3 is 0 Å². The van der Waals surface area contributed by atoms with Gasteiger partial charge in [0.2, 0.25) is 5.91 Å². The molecule has 5 rings (SSSR count). The first-order valence-electron chi connectivity index (χ1n) is 11.4. The Morgan fingerprint density at radius 3 is 2.26 bits per heavy atom. The van der Waals surface area contributed by atoms with E-state index in [1.807, 2.05) is 82.5 Å². The van der Waals surface area contributed by atoms with Crippen molar-refractivity contribution in [3.8, 4) is 0 Å². The Morgan fingerprint density at radius 2 is 1.65 bits per heavy atom. The molecule has 0 aliphatic rings. The average Bonchev–Trinajstić information content (AvgIpc) is 3.51. The third-order valence-electron chi connectivity index (χ3n) is 5.94. The predicted molar refractivity (Wildman–Crippen MR) is 138 cm³/mol. The summed E-state index contributed by atoms with van der Waals surface area (Å²) in [5.41, 5.74) is 5.21. The van der Waals surface area contributed by atoms with Crippen LogP contribution in [-0.4, -0.2) is 27.2 Å². The fourth-order valence-electron chi connectivity index (χ4n) is 4.33. The van der Waals surface area contributed by atoms with E-state index in [9.17, 15) is 4.79 Å². The molecule has 1 amide bonds. The Labute approximate surface area is 203 Å². The van der Waals surface area contributed by atoms with E-state index in [2.05, 4.69) is 31.1 Å². The summed E-state index contributed by atoms with van der Waals surface area (Å²) in [5, 5.41) is 5.05. The van der Waals surface area contributed by atoms with Crippen molar-refractivity contribution in [3.63, 3.8) is 0 Å². The zero-order valence-corrected chi connectivity index (χ0v) is 20.1. The molecule has 0 spiro atoms. The van der Waals surface area contributed by atoms with Crippen LogP contribution in [0.5, 0.6) is 0 Å². The first-order valence-corrected chi connectivity index (χ1v) is 12.2. The maximum Gasteiger partial charge on any atom is 0.240 e. The quantitative estimate of drug-likeness (QED) is 0.297. The van der Waals surface area contributed by atoms with Crippen LogP contribution in [-0.2, 0) is 11.3 Å². The van der Waals surface area contributed by atoms with Gasteiger partial charge in [-0.25, -0.2) is 4.98 Å². The molecule has 0 aliphatic heterocycles. The number of carbonyl (C=O) groups excluding carboxylic acids is 1. The summed E-state index contributed by atoms with van der Waals surface area (Å²) in [4.78, 5) is 21.1. The third-order valence-corrected chi connectivity index (χ3v) is 6.97. The molecule has 0 bridgehead atoms. The highest BCUT2D eigenvalue weighted by Gasteiger charge is 2.30. The van der Waals surface area contributed by atoms with Crippen molar-refractivity contribution in [2.75, 3.05) is 11.4 Å². The van der Waals surface area contributed by atoms with E-state index in [0.717, 1.165) is 32.0 Å². The van der Waals surface area contributed by atoms with Crippen LogP contribution in [0.15, 0.2) is 91.3 Å². The fraction of sp³-hybridized carbons (Fsp3) is 0.179. The van der Waals surface area contributed by atoms with Crippen LogP contribution in [0.1, 0.15) is 28.2 Å². The van der Waals surface area contributed by atoms with E-state index in [-0.39, 0.29) is 5.91 Å². The zero-order valence-electron chi connectivity index (χ0n) is 19.3. The molecular weight excluding hydrogens is 440 g/mol. The van der Waals surface area contributed by atoms with E-state index in [0.29, 0.717) is 13.1 Å². The monoisotopic (exact) mass is 466 g/mol. The molecule has 0 unspecified atom stereocenters. The smallest absolute Gasteiger partial charge is 0.240 e. The molecule has 170 valence electrons. The molecule has 2 aromatic heterocycles. The Kier molecular flexibility index (Phi) is 6.23. The zero-order chi connectivity index (χ0) is 23.5. The summed E-state index contributed by atoms with van der Waals surface area (Å²) in [7, 11) is 0. The first kappa shape index (κ1) is 22.0. The van der Waals surface area contributed by atoms with Gasteiger partial charge in [0.25, 0.3) is 0 Å². The molecule has 0 atom stereocenters. The maximum atomic E-state index is 14.3. The van der Waals surface area contributed by atoms with Crippen LogP contribution in [0.3, 0.4) is 0 Å². The number of rotatable bonds is 7. The van der Waals surface area contributed by atoms with Gasteiger partial charge in [-0.1, -0.05) is 78.1 Å². The number of aromatic nitrogens is 3. The Balaban J connectivity index is 1.59. The van der Waals surface area contributed by atoms with Crippen LogP contribution in [0.4, 0.5) is 5.13 Å². The molecule has 2 heterocycles. The molecule has 34 heavy (non-hydrogen) atoms. The Hall–Kier alpha value is -3.77. The van der Waals surface area contributed by atoms with Gasteiger partial charge in [0.1, 0.15) is 0 Å². The normalized spacial score (nSPS) is 11.3. The van der Waals surface area contributed by atoms with Crippen molar-refractivity contribution in [1.82, 2.24) is 14.8 Å². The molecule has 0 N–H and O–H groups in total. The van der Waals surface area contributed by atoms with E-state index in [4.69, 9.17) is 4.98 Å². The number of fused-ring (bicyclic) bond motifs is 1. The van der Waals surface area contributed by atoms with Crippen molar-refractivity contribution in [2.45, 2.75) is 26.3 Å². The molecule has 0 saturated heterocycles. The minimum atomic E-state index is -0.421. The largest absolute Gasteiger partial charge is 0.285 e. The van der Waals surface area contributed by atoms with Crippen LogP contribution in [0.25, 0.3) is 10.2 Å². The summed E-state index contributed by atoms with van der Waals surface area (Å²) in [6, 6.07) is 26.1. The molecule has 0 aliphatic carbocycles. The van der Waals surface area contributed by atoms with Crippen LogP contribution in [0, 0.1) is 13.8 Å². The van der Waals surface area contributed by atoms with Gasteiger partial charge in [-0.15, -0.1) is 0 Å². The van der Waals surface area contributed by atoms with Gasteiger partial charge in [0.15, 0.2) is 5.13 Å². The second-order valence-corrected chi connectivity index (χ2v) is 9.45. The number of carbonyl (C=O) groups is 1. The maximum absolute atomic E-state index is 14.3. The molecule has 6 heteroatoms.